The summed E-state index contributed by atoms with van der Waals surface area (Å²) >= 11 is 5.74. The highest BCUT2D eigenvalue weighted by Gasteiger charge is 2.07. The van der Waals surface area contributed by atoms with E-state index in [-0.39, 0.29) is 5.28 Å². The molecule has 1 aromatic rings. The molecule has 2 rings (SSSR count). The Bertz CT molecular complexity index is 535. The number of halogens is 1. The summed E-state index contributed by atoms with van der Waals surface area (Å²) in [6.07, 6.45) is 8.27. The van der Waals surface area contributed by atoms with Gasteiger partial charge in [0.15, 0.2) is 0 Å². The van der Waals surface area contributed by atoms with Crippen molar-refractivity contribution in [3.8, 4) is 0 Å². The van der Waals surface area contributed by atoms with Gasteiger partial charge in [0.25, 0.3) is 0 Å². The van der Waals surface area contributed by atoms with Crippen molar-refractivity contribution in [1.82, 2.24) is 9.97 Å². The maximum absolute atomic E-state index is 5.74. The molecule has 1 N–H and O–H groups in total. The third-order valence-corrected chi connectivity index (χ3v) is 2.74. The number of rotatable bonds is 3. The summed E-state index contributed by atoms with van der Waals surface area (Å²) in [7, 11) is 1.67. The van der Waals surface area contributed by atoms with E-state index in [9.17, 15) is 0 Å². The number of nitrogens with zero attached hydrogens (tertiary/aromatic N) is 2. The molecule has 0 saturated carbocycles. The van der Waals surface area contributed by atoms with Crippen LogP contribution >= 0.6 is 11.6 Å². The first kappa shape index (κ1) is 12.6. The zero-order valence-electron chi connectivity index (χ0n) is 10.3. The van der Waals surface area contributed by atoms with E-state index in [0.717, 1.165) is 23.5 Å². The lowest BCUT2D eigenvalue weighted by molar-refractivity contribution is 0.301. The second-order valence-electron chi connectivity index (χ2n) is 3.91. The molecule has 0 atom stereocenters. The molecule has 1 aliphatic rings. The van der Waals surface area contributed by atoms with Crippen LogP contribution in [-0.4, -0.2) is 17.1 Å². The van der Waals surface area contributed by atoms with Crippen molar-refractivity contribution in [2.75, 3.05) is 12.4 Å². The van der Waals surface area contributed by atoms with E-state index < -0.39 is 0 Å². The van der Waals surface area contributed by atoms with Crippen LogP contribution in [0.3, 0.4) is 0 Å². The molecule has 0 fully saturated rings. The molecule has 5 heteroatoms. The molecular weight excluding hydrogens is 250 g/mol. The molecule has 1 aliphatic carbocycles. The molecule has 0 bridgehead atoms. The van der Waals surface area contributed by atoms with Crippen molar-refractivity contribution < 1.29 is 4.74 Å². The Balaban J connectivity index is 2.14. The Kier molecular flexibility index (Phi) is 3.99. The standard InChI is InChI=1S/C13H14ClN3O/c1-9-8-10(4-3-5-11(9)18-2)16-12-6-7-15-13(14)17-12/h3-7H,8H2,1-2H3,(H,15,16,17). The third kappa shape index (κ3) is 3.11. The van der Waals surface area contributed by atoms with Crippen molar-refractivity contribution in [3.05, 3.63) is 52.8 Å². The lowest BCUT2D eigenvalue weighted by atomic mass is 10.1. The number of anilines is 1. The van der Waals surface area contributed by atoms with Gasteiger partial charge in [-0.2, -0.15) is 0 Å². The topological polar surface area (TPSA) is 47.0 Å². The Labute approximate surface area is 111 Å². The Morgan fingerprint density at radius 1 is 1.44 bits per heavy atom. The average Bonchev–Trinajstić information content (AvgIpc) is 2.50. The highest BCUT2D eigenvalue weighted by atomic mass is 35.5. The summed E-state index contributed by atoms with van der Waals surface area (Å²) in [6.45, 7) is 2.04. The molecular formula is C13H14ClN3O. The highest BCUT2D eigenvalue weighted by Crippen LogP contribution is 2.21. The third-order valence-electron chi connectivity index (χ3n) is 2.56. The Morgan fingerprint density at radius 3 is 3.00 bits per heavy atom. The van der Waals surface area contributed by atoms with Crippen LogP contribution < -0.4 is 5.32 Å². The fraction of sp³-hybridized carbons (Fsp3) is 0.231. The minimum absolute atomic E-state index is 0.231. The molecule has 0 radical (unpaired) electrons. The summed E-state index contributed by atoms with van der Waals surface area (Å²) in [5.74, 6) is 1.58. The van der Waals surface area contributed by atoms with E-state index in [1.165, 1.54) is 0 Å². The van der Waals surface area contributed by atoms with Crippen LogP contribution in [0.1, 0.15) is 13.3 Å². The fourth-order valence-electron chi connectivity index (χ4n) is 1.72. The average molecular weight is 264 g/mol. The predicted octanol–water partition coefficient (Wildman–Crippen LogP) is 3.31. The zero-order valence-corrected chi connectivity index (χ0v) is 11.0. The first-order chi connectivity index (χ1) is 8.69. The van der Waals surface area contributed by atoms with E-state index in [0.29, 0.717) is 5.82 Å². The molecule has 0 aliphatic heterocycles. The van der Waals surface area contributed by atoms with Crippen LogP contribution in [0.15, 0.2) is 47.5 Å². The van der Waals surface area contributed by atoms with Gasteiger partial charge in [0, 0.05) is 18.3 Å². The van der Waals surface area contributed by atoms with Crippen LogP contribution in [-0.2, 0) is 4.74 Å². The van der Waals surface area contributed by atoms with Crippen LogP contribution in [0.2, 0.25) is 5.28 Å². The van der Waals surface area contributed by atoms with Crippen molar-refractivity contribution in [2.24, 2.45) is 0 Å². The highest BCUT2D eigenvalue weighted by molar-refractivity contribution is 6.28. The minimum Gasteiger partial charge on any atom is -0.497 e. The number of ether oxygens (including phenoxy) is 1. The number of hydrogen-bond acceptors (Lipinski definition) is 4. The quantitative estimate of drug-likeness (QED) is 0.850. The normalized spacial score (nSPS) is 15.2. The second-order valence-corrected chi connectivity index (χ2v) is 4.25. The van der Waals surface area contributed by atoms with Crippen LogP contribution in [0.5, 0.6) is 0 Å². The SMILES string of the molecule is COC1=C(C)CC(Nc2ccnc(Cl)n2)=CC=C1. The summed E-state index contributed by atoms with van der Waals surface area (Å²) in [4.78, 5) is 7.94. The second kappa shape index (κ2) is 5.69. The fourth-order valence-corrected chi connectivity index (χ4v) is 1.87. The Hall–Kier alpha value is -1.81. The lowest BCUT2D eigenvalue weighted by Crippen LogP contribution is -2.02. The van der Waals surface area contributed by atoms with Crippen LogP contribution in [0, 0.1) is 0 Å². The lowest BCUT2D eigenvalue weighted by Gasteiger charge is -2.10. The molecule has 0 unspecified atom stereocenters. The monoisotopic (exact) mass is 263 g/mol. The summed E-state index contributed by atoms with van der Waals surface area (Å²) in [5, 5.41) is 3.45. The van der Waals surface area contributed by atoms with Gasteiger partial charge in [0.1, 0.15) is 11.6 Å². The van der Waals surface area contributed by atoms with Gasteiger partial charge in [-0.25, -0.2) is 9.97 Å². The number of aromatic nitrogens is 2. The van der Waals surface area contributed by atoms with Gasteiger partial charge in [-0.1, -0.05) is 6.08 Å². The number of allylic oxidation sites excluding steroid dienone is 4. The first-order valence-corrected chi connectivity index (χ1v) is 5.93. The van der Waals surface area contributed by atoms with Gasteiger partial charge >= 0.3 is 0 Å². The summed E-state index contributed by atoms with van der Waals surface area (Å²) < 4.78 is 5.29. The molecule has 0 aromatic carbocycles. The van der Waals surface area contributed by atoms with Gasteiger partial charge in [-0.15, -0.1) is 0 Å². The largest absolute Gasteiger partial charge is 0.497 e. The maximum Gasteiger partial charge on any atom is 0.224 e. The van der Waals surface area contributed by atoms with Gasteiger partial charge in [-0.3, -0.25) is 0 Å². The Morgan fingerprint density at radius 2 is 2.28 bits per heavy atom. The number of methoxy groups -OCH3 is 1. The van der Waals surface area contributed by atoms with Crippen molar-refractivity contribution in [3.63, 3.8) is 0 Å². The van der Waals surface area contributed by atoms with Gasteiger partial charge < -0.3 is 10.1 Å². The zero-order chi connectivity index (χ0) is 13.0. The molecule has 18 heavy (non-hydrogen) atoms. The molecule has 4 nitrogen and oxygen atoms in total. The maximum atomic E-state index is 5.74. The summed E-state index contributed by atoms with van der Waals surface area (Å²) in [6, 6.07) is 1.78. The molecule has 1 heterocycles. The minimum atomic E-state index is 0.231. The van der Waals surface area contributed by atoms with Crippen molar-refractivity contribution in [2.45, 2.75) is 13.3 Å². The summed E-state index contributed by atoms with van der Waals surface area (Å²) in [5.41, 5.74) is 2.19. The van der Waals surface area contributed by atoms with Gasteiger partial charge in [-0.05, 0) is 42.3 Å². The molecule has 0 amide bonds. The van der Waals surface area contributed by atoms with Crippen molar-refractivity contribution >= 4 is 17.4 Å². The molecule has 0 spiro atoms. The van der Waals surface area contributed by atoms with E-state index in [1.54, 1.807) is 19.4 Å². The predicted molar refractivity (Wildman–Crippen MR) is 72.2 cm³/mol. The van der Waals surface area contributed by atoms with Gasteiger partial charge in [0.2, 0.25) is 5.28 Å². The molecule has 0 saturated heterocycles. The molecule has 94 valence electrons. The van der Waals surface area contributed by atoms with Crippen molar-refractivity contribution in [1.29, 1.82) is 0 Å². The van der Waals surface area contributed by atoms with E-state index in [2.05, 4.69) is 15.3 Å². The number of nitrogens with one attached hydrogen (secondary N) is 1. The van der Waals surface area contributed by atoms with E-state index in [4.69, 9.17) is 16.3 Å². The van der Waals surface area contributed by atoms with Crippen LogP contribution in [0.25, 0.3) is 0 Å². The first-order valence-electron chi connectivity index (χ1n) is 5.55. The molecule has 1 aromatic heterocycles. The van der Waals surface area contributed by atoms with E-state index >= 15 is 0 Å². The van der Waals surface area contributed by atoms with Crippen LogP contribution in [0.4, 0.5) is 5.82 Å². The van der Waals surface area contributed by atoms with E-state index in [1.807, 2.05) is 25.2 Å². The smallest absolute Gasteiger partial charge is 0.224 e. The van der Waals surface area contributed by atoms with Gasteiger partial charge in [0.05, 0.1) is 7.11 Å². The number of hydrogen-bond donors (Lipinski definition) is 1.